The summed E-state index contributed by atoms with van der Waals surface area (Å²) in [6, 6.07) is 20.9. The minimum Gasteiger partial charge on any atom is -0.488 e. The number of benzene rings is 3. The van der Waals surface area contributed by atoms with Gasteiger partial charge in [0, 0.05) is 11.3 Å². The summed E-state index contributed by atoms with van der Waals surface area (Å²) in [7, 11) is 0. The van der Waals surface area contributed by atoms with Gasteiger partial charge in [-0.1, -0.05) is 42.5 Å². The molecule has 3 aromatic carbocycles. The van der Waals surface area contributed by atoms with Crippen LogP contribution in [0.15, 0.2) is 72.3 Å². The van der Waals surface area contributed by atoms with Crippen molar-refractivity contribution in [1.82, 2.24) is 0 Å². The van der Waals surface area contributed by atoms with E-state index in [1.165, 1.54) is 18.2 Å². The van der Waals surface area contributed by atoms with Gasteiger partial charge in [0.25, 0.3) is 5.91 Å². The summed E-state index contributed by atoms with van der Waals surface area (Å²) < 4.78 is 18.9. The molecule has 0 aromatic heterocycles. The molecule has 0 aliphatic heterocycles. The first kappa shape index (κ1) is 20.8. The van der Waals surface area contributed by atoms with Crippen molar-refractivity contribution < 1.29 is 13.9 Å². The standard InChI is InChI=1S/C25H21FN2O2/c1-17-7-8-18(2)23(13-17)28-25(29)21(15-27)14-20-5-3-4-6-24(20)30-16-19-9-11-22(26)12-10-19/h3-14H,16H2,1-2H3,(H,28,29)/b21-14+. The number of amides is 1. The van der Waals surface area contributed by atoms with Gasteiger partial charge in [-0.25, -0.2) is 4.39 Å². The van der Waals surface area contributed by atoms with Gasteiger partial charge < -0.3 is 10.1 Å². The highest BCUT2D eigenvalue weighted by Crippen LogP contribution is 2.23. The molecule has 0 spiro atoms. The van der Waals surface area contributed by atoms with Gasteiger partial charge in [-0.3, -0.25) is 4.79 Å². The fraction of sp³-hybridized carbons (Fsp3) is 0.120. The summed E-state index contributed by atoms with van der Waals surface area (Å²) in [5.41, 5.74) is 3.97. The van der Waals surface area contributed by atoms with Gasteiger partial charge >= 0.3 is 0 Å². The molecule has 0 unspecified atom stereocenters. The molecular formula is C25H21FN2O2. The number of nitriles is 1. The number of halogens is 1. The van der Waals surface area contributed by atoms with Crippen LogP contribution in [-0.4, -0.2) is 5.91 Å². The quantitative estimate of drug-likeness (QED) is 0.435. The summed E-state index contributed by atoms with van der Waals surface area (Å²) in [5, 5.41) is 12.3. The molecule has 1 N–H and O–H groups in total. The molecule has 0 bridgehead atoms. The van der Waals surface area contributed by atoms with Crippen LogP contribution in [0.4, 0.5) is 10.1 Å². The zero-order valence-corrected chi connectivity index (χ0v) is 16.8. The molecule has 1 amide bonds. The van der Waals surface area contributed by atoms with Crippen molar-refractivity contribution in [3.05, 3.63) is 100 Å². The third kappa shape index (κ3) is 5.33. The molecule has 0 radical (unpaired) electrons. The van der Waals surface area contributed by atoms with Crippen molar-refractivity contribution in [2.24, 2.45) is 0 Å². The molecule has 3 rings (SSSR count). The van der Waals surface area contributed by atoms with Crippen LogP contribution in [0.3, 0.4) is 0 Å². The second-order valence-electron chi connectivity index (χ2n) is 6.90. The number of carbonyl (C=O) groups excluding carboxylic acids is 1. The lowest BCUT2D eigenvalue weighted by molar-refractivity contribution is -0.112. The van der Waals surface area contributed by atoms with Crippen LogP contribution in [0.1, 0.15) is 22.3 Å². The maximum Gasteiger partial charge on any atom is 0.266 e. The molecule has 0 heterocycles. The Balaban J connectivity index is 1.80. The van der Waals surface area contributed by atoms with Crippen molar-refractivity contribution in [3.8, 4) is 11.8 Å². The lowest BCUT2D eigenvalue weighted by Gasteiger charge is -2.11. The van der Waals surface area contributed by atoms with E-state index in [0.29, 0.717) is 17.0 Å². The topological polar surface area (TPSA) is 62.1 Å². The summed E-state index contributed by atoms with van der Waals surface area (Å²) in [6.45, 7) is 4.07. The van der Waals surface area contributed by atoms with E-state index in [9.17, 15) is 14.4 Å². The smallest absolute Gasteiger partial charge is 0.266 e. The second kappa shape index (κ2) is 9.53. The van der Waals surface area contributed by atoms with E-state index in [1.54, 1.807) is 36.4 Å². The van der Waals surface area contributed by atoms with Crippen molar-refractivity contribution in [2.45, 2.75) is 20.5 Å². The van der Waals surface area contributed by atoms with Crippen LogP contribution in [0, 0.1) is 31.0 Å². The van der Waals surface area contributed by atoms with Crippen LogP contribution in [0.5, 0.6) is 5.75 Å². The molecule has 150 valence electrons. The van der Waals surface area contributed by atoms with Gasteiger partial charge in [-0.2, -0.15) is 5.26 Å². The molecule has 0 aliphatic carbocycles. The molecule has 4 nitrogen and oxygen atoms in total. The lowest BCUT2D eigenvalue weighted by Crippen LogP contribution is -2.14. The van der Waals surface area contributed by atoms with Crippen LogP contribution in [-0.2, 0) is 11.4 Å². The number of para-hydroxylation sites is 1. The lowest BCUT2D eigenvalue weighted by atomic mass is 10.1. The molecule has 0 saturated heterocycles. The number of hydrogen-bond donors (Lipinski definition) is 1. The number of ether oxygens (including phenoxy) is 1. The van der Waals surface area contributed by atoms with Gasteiger partial charge in [0.1, 0.15) is 29.8 Å². The van der Waals surface area contributed by atoms with E-state index in [2.05, 4.69) is 5.32 Å². The van der Waals surface area contributed by atoms with Crippen molar-refractivity contribution in [2.75, 3.05) is 5.32 Å². The molecule has 0 aliphatic rings. The molecular weight excluding hydrogens is 379 g/mol. The average Bonchev–Trinajstić information content (AvgIpc) is 2.74. The SMILES string of the molecule is Cc1ccc(C)c(NC(=O)/C(C#N)=C/c2ccccc2OCc2ccc(F)cc2)c1. The molecule has 0 fully saturated rings. The fourth-order valence-corrected chi connectivity index (χ4v) is 2.84. The normalized spacial score (nSPS) is 10.9. The Morgan fingerprint density at radius 3 is 2.57 bits per heavy atom. The Labute approximate surface area is 175 Å². The Hall–Kier alpha value is -3.91. The number of aryl methyl sites for hydroxylation is 2. The summed E-state index contributed by atoms with van der Waals surface area (Å²) in [5.74, 6) is -0.274. The Kier molecular flexibility index (Phi) is 6.61. The van der Waals surface area contributed by atoms with Crippen molar-refractivity contribution >= 4 is 17.7 Å². The molecule has 30 heavy (non-hydrogen) atoms. The molecule has 3 aromatic rings. The Morgan fingerprint density at radius 1 is 1.10 bits per heavy atom. The van der Waals surface area contributed by atoms with Crippen LogP contribution >= 0.6 is 0 Å². The van der Waals surface area contributed by atoms with Gasteiger partial charge in [0.2, 0.25) is 0 Å². The van der Waals surface area contributed by atoms with Crippen LogP contribution < -0.4 is 10.1 Å². The number of carbonyl (C=O) groups is 1. The van der Waals surface area contributed by atoms with Crippen molar-refractivity contribution in [3.63, 3.8) is 0 Å². The highest BCUT2D eigenvalue weighted by molar-refractivity contribution is 6.10. The van der Waals surface area contributed by atoms with Crippen LogP contribution in [0.2, 0.25) is 0 Å². The number of anilines is 1. The number of rotatable bonds is 6. The summed E-state index contributed by atoms with van der Waals surface area (Å²) in [6.07, 6.45) is 1.50. The van der Waals surface area contributed by atoms with E-state index in [1.807, 2.05) is 38.1 Å². The second-order valence-corrected chi connectivity index (χ2v) is 6.90. The zero-order chi connectivity index (χ0) is 21.5. The maximum atomic E-state index is 13.1. The highest BCUT2D eigenvalue weighted by Gasteiger charge is 2.12. The zero-order valence-electron chi connectivity index (χ0n) is 16.8. The number of nitrogens with one attached hydrogen (secondary N) is 1. The predicted molar refractivity (Wildman–Crippen MR) is 115 cm³/mol. The van der Waals surface area contributed by atoms with Crippen LogP contribution in [0.25, 0.3) is 6.08 Å². The average molecular weight is 400 g/mol. The minimum absolute atomic E-state index is 0.0336. The first-order valence-electron chi connectivity index (χ1n) is 9.43. The molecule has 0 saturated carbocycles. The Bertz CT molecular complexity index is 1130. The Morgan fingerprint density at radius 2 is 1.83 bits per heavy atom. The molecule has 5 heteroatoms. The van der Waals surface area contributed by atoms with E-state index in [0.717, 1.165) is 16.7 Å². The fourth-order valence-electron chi connectivity index (χ4n) is 2.84. The van der Waals surface area contributed by atoms with E-state index >= 15 is 0 Å². The van der Waals surface area contributed by atoms with Gasteiger partial charge in [0.05, 0.1) is 0 Å². The number of hydrogen-bond acceptors (Lipinski definition) is 3. The first-order chi connectivity index (χ1) is 14.5. The van der Waals surface area contributed by atoms with E-state index in [-0.39, 0.29) is 18.0 Å². The summed E-state index contributed by atoms with van der Waals surface area (Å²) in [4.78, 5) is 12.7. The van der Waals surface area contributed by atoms with E-state index < -0.39 is 5.91 Å². The summed E-state index contributed by atoms with van der Waals surface area (Å²) >= 11 is 0. The third-order valence-corrected chi connectivity index (χ3v) is 4.53. The molecule has 0 atom stereocenters. The van der Waals surface area contributed by atoms with E-state index in [4.69, 9.17) is 4.74 Å². The van der Waals surface area contributed by atoms with Gasteiger partial charge in [-0.05, 0) is 60.9 Å². The highest BCUT2D eigenvalue weighted by atomic mass is 19.1. The first-order valence-corrected chi connectivity index (χ1v) is 9.43. The van der Waals surface area contributed by atoms with Gasteiger partial charge in [0.15, 0.2) is 0 Å². The predicted octanol–water partition coefficient (Wildman–Crippen LogP) is 5.57. The third-order valence-electron chi connectivity index (χ3n) is 4.53. The largest absolute Gasteiger partial charge is 0.488 e. The minimum atomic E-state index is -0.487. The monoisotopic (exact) mass is 400 g/mol. The maximum absolute atomic E-state index is 13.1. The number of nitrogens with zero attached hydrogens (tertiary/aromatic N) is 1. The van der Waals surface area contributed by atoms with Crippen molar-refractivity contribution in [1.29, 1.82) is 5.26 Å². The van der Waals surface area contributed by atoms with Gasteiger partial charge in [-0.15, -0.1) is 0 Å².